The zero-order valence-corrected chi connectivity index (χ0v) is 10.1. The average Bonchev–Trinajstić information content (AvgIpc) is 2.54. The van der Waals surface area contributed by atoms with Gasteiger partial charge in [-0.2, -0.15) is 0 Å². The fourth-order valence-corrected chi connectivity index (χ4v) is 1.99. The first-order valence-electron chi connectivity index (χ1n) is 5.34. The zero-order chi connectivity index (χ0) is 12.6. The first kappa shape index (κ1) is 11.7. The summed E-state index contributed by atoms with van der Waals surface area (Å²) in [6, 6.07) is 1.44. The molecule has 2 rings (SSSR count). The molecule has 1 N–H and O–H groups in total. The Kier molecular flexibility index (Phi) is 2.89. The maximum absolute atomic E-state index is 11.9. The molecule has 0 fully saturated rings. The molecule has 0 aliphatic carbocycles. The lowest BCUT2D eigenvalue weighted by atomic mass is 10.2. The molecular formula is C11H15N3O3. The molecule has 17 heavy (non-hydrogen) atoms. The number of nitrogens with one attached hydrogen (secondary N) is 1. The van der Waals surface area contributed by atoms with Gasteiger partial charge in [0.1, 0.15) is 0 Å². The van der Waals surface area contributed by atoms with E-state index in [9.17, 15) is 9.59 Å². The van der Waals surface area contributed by atoms with Crippen LogP contribution in [-0.4, -0.2) is 28.1 Å². The van der Waals surface area contributed by atoms with Gasteiger partial charge in [-0.15, -0.1) is 0 Å². The van der Waals surface area contributed by atoms with Gasteiger partial charge in [-0.05, 0) is 6.92 Å². The molecule has 0 atom stereocenters. The van der Waals surface area contributed by atoms with Gasteiger partial charge in [0.2, 0.25) is 0 Å². The van der Waals surface area contributed by atoms with E-state index >= 15 is 0 Å². The number of nitrogens with zero attached hydrogens (tertiary/aromatic N) is 2. The third-order valence-electron chi connectivity index (χ3n) is 2.90. The topological polar surface area (TPSA) is 69.0 Å². The smallest absolute Gasteiger partial charge is 0.275 e. The van der Waals surface area contributed by atoms with Crippen LogP contribution >= 0.6 is 0 Å². The second-order valence-corrected chi connectivity index (χ2v) is 3.98. The van der Waals surface area contributed by atoms with Crippen LogP contribution in [0.5, 0.6) is 0 Å². The summed E-state index contributed by atoms with van der Waals surface area (Å²) in [5, 5.41) is 3.41. The lowest BCUT2D eigenvalue weighted by molar-refractivity contribution is 0.185. The van der Waals surface area contributed by atoms with Crippen molar-refractivity contribution < 1.29 is 4.74 Å². The van der Waals surface area contributed by atoms with Crippen LogP contribution in [0.25, 0.3) is 10.9 Å². The number of H-pyrrole nitrogens is 1. The Hall–Kier alpha value is -1.82. The van der Waals surface area contributed by atoms with Crippen molar-refractivity contribution in [2.24, 2.45) is 7.05 Å². The van der Waals surface area contributed by atoms with Gasteiger partial charge >= 0.3 is 0 Å². The van der Waals surface area contributed by atoms with E-state index in [0.717, 1.165) is 0 Å². The normalized spacial score (nSPS) is 11.2. The molecule has 6 heteroatoms. The van der Waals surface area contributed by atoms with Crippen molar-refractivity contribution in [1.82, 2.24) is 14.3 Å². The van der Waals surface area contributed by atoms with Gasteiger partial charge in [-0.1, -0.05) is 0 Å². The van der Waals surface area contributed by atoms with Gasteiger partial charge in [0.15, 0.2) is 0 Å². The van der Waals surface area contributed by atoms with Crippen LogP contribution in [0.1, 0.15) is 5.69 Å². The van der Waals surface area contributed by atoms with Gasteiger partial charge in [0, 0.05) is 32.5 Å². The molecule has 92 valence electrons. The number of aryl methyl sites for hydroxylation is 2. The molecule has 2 heterocycles. The van der Waals surface area contributed by atoms with Crippen LogP contribution in [-0.2, 0) is 18.3 Å². The Morgan fingerprint density at radius 2 is 2.12 bits per heavy atom. The number of aromatic nitrogens is 3. The number of hydrogen-bond acceptors (Lipinski definition) is 3. The number of rotatable bonds is 3. The Morgan fingerprint density at radius 1 is 1.41 bits per heavy atom. The van der Waals surface area contributed by atoms with Crippen molar-refractivity contribution in [3.63, 3.8) is 0 Å². The summed E-state index contributed by atoms with van der Waals surface area (Å²) >= 11 is 0. The maximum atomic E-state index is 11.9. The summed E-state index contributed by atoms with van der Waals surface area (Å²) in [5.74, 6) is 0. The number of pyridine rings is 1. The average molecular weight is 237 g/mol. The Labute approximate surface area is 97.4 Å². The molecule has 0 unspecified atom stereocenters. The van der Waals surface area contributed by atoms with Crippen molar-refractivity contribution in [1.29, 1.82) is 0 Å². The highest BCUT2D eigenvalue weighted by Crippen LogP contribution is 2.09. The number of fused-ring (bicyclic) bond motifs is 1. The SMILES string of the molecule is COCCn1c(C)c2c(=O)n(C)[nH]c2cc1=O. The Balaban J connectivity index is 2.74. The molecule has 6 nitrogen and oxygen atoms in total. The van der Waals surface area contributed by atoms with E-state index in [2.05, 4.69) is 5.10 Å². The summed E-state index contributed by atoms with van der Waals surface area (Å²) in [6.07, 6.45) is 0. The number of aromatic amines is 1. The molecule has 2 aromatic rings. The summed E-state index contributed by atoms with van der Waals surface area (Å²) in [4.78, 5) is 23.7. The molecule has 0 amide bonds. The third kappa shape index (κ3) is 1.80. The largest absolute Gasteiger partial charge is 0.383 e. The van der Waals surface area contributed by atoms with Gasteiger partial charge in [-0.25, -0.2) is 0 Å². The van der Waals surface area contributed by atoms with E-state index in [1.54, 1.807) is 25.6 Å². The molecule has 0 saturated carbocycles. The molecule has 0 bridgehead atoms. The van der Waals surface area contributed by atoms with Crippen molar-refractivity contribution in [3.05, 3.63) is 32.5 Å². The van der Waals surface area contributed by atoms with E-state index in [-0.39, 0.29) is 11.1 Å². The molecule has 0 spiro atoms. The standard InChI is InChI=1S/C11H15N3O3/c1-7-10-8(12-13(2)11(10)16)6-9(15)14(7)4-5-17-3/h6,12H,4-5H2,1-3H3. The minimum Gasteiger partial charge on any atom is -0.383 e. The molecule has 0 aromatic carbocycles. The van der Waals surface area contributed by atoms with Crippen LogP contribution in [0, 0.1) is 6.92 Å². The van der Waals surface area contributed by atoms with Crippen molar-refractivity contribution in [3.8, 4) is 0 Å². The van der Waals surface area contributed by atoms with Crippen LogP contribution in [0.2, 0.25) is 0 Å². The van der Waals surface area contributed by atoms with Crippen LogP contribution in [0.4, 0.5) is 0 Å². The number of ether oxygens (including phenoxy) is 1. The van der Waals surface area contributed by atoms with E-state index in [1.807, 2.05) is 0 Å². The number of hydrogen-bond donors (Lipinski definition) is 1. The van der Waals surface area contributed by atoms with Gasteiger partial charge in [0.05, 0.1) is 17.5 Å². The summed E-state index contributed by atoms with van der Waals surface area (Å²) in [7, 11) is 3.21. The van der Waals surface area contributed by atoms with E-state index in [0.29, 0.717) is 29.7 Å². The predicted octanol–water partition coefficient (Wildman–Crippen LogP) is -0.0169. The highest BCUT2D eigenvalue weighted by atomic mass is 16.5. The zero-order valence-electron chi connectivity index (χ0n) is 10.1. The minimum absolute atomic E-state index is 0.122. The van der Waals surface area contributed by atoms with Crippen molar-refractivity contribution in [2.45, 2.75) is 13.5 Å². The molecular weight excluding hydrogens is 222 g/mol. The van der Waals surface area contributed by atoms with E-state index < -0.39 is 0 Å². The molecule has 0 saturated heterocycles. The highest BCUT2D eigenvalue weighted by Gasteiger charge is 2.12. The fraction of sp³-hybridized carbons (Fsp3) is 0.455. The predicted molar refractivity (Wildman–Crippen MR) is 64.4 cm³/mol. The highest BCUT2D eigenvalue weighted by molar-refractivity contribution is 5.79. The fourth-order valence-electron chi connectivity index (χ4n) is 1.99. The lowest BCUT2D eigenvalue weighted by Gasteiger charge is -2.08. The van der Waals surface area contributed by atoms with Crippen molar-refractivity contribution >= 4 is 10.9 Å². The second-order valence-electron chi connectivity index (χ2n) is 3.98. The molecule has 0 radical (unpaired) electrons. The van der Waals surface area contributed by atoms with Crippen LogP contribution in [0.15, 0.2) is 15.7 Å². The monoisotopic (exact) mass is 237 g/mol. The second kappa shape index (κ2) is 4.21. The van der Waals surface area contributed by atoms with Gasteiger partial charge < -0.3 is 9.30 Å². The van der Waals surface area contributed by atoms with Crippen LogP contribution in [0.3, 0.4) is 0 Å². The molecule has 2 aromatic heterocycles. The molecule has 0 aliphatic rings. The number of methoxy groups -OCH3 is 1. The van der Waals surface area contributed by atoms with E-state index in [4.69, 9.17) is 4.74 Å². The first-order chi connectivity index (χ1) is 8.06. The van der Waals surface area contributed by atoms with Gasteiger partial charge in [-0.3, -0.25) is 19.4 Å². The Bertz CT molecular complexity index is 663. The van der Waals surface area contributed by atoms with E-state index in [1.165, 1.54) is 10.7 Å². The first-order valence-corrected chi connectivity index (χ1v) is 5.34. The Morgan fingerprint density at radius 3 is 2.76 bits per heavy atom. The minimum atomic E-state index is -0.131. The quantitative estimate of drug-likeness (QED) is 0.816. The summed E-state index contributed by atoms with van der Waals surface area (Å²) in [5.41, 5.74) is 0.998. The molecule has 0 aliphatic heterocycles. The summed E-state index contributed by atoms with van der Waals surface area (Å²) in [6.45, 7) is 2.66. The summed E-state index contributed by atoms with van der Waals surface area (Å²) < 4.78 is 7.88. The van der Waals surface area contributed by atoms with Crippen molar-refractivity contribution in [2.75, 3.05) is 13.7 Å². The third-order valence-corrected chi connectivity index (χ3v) is 2.90. The van der Waals surface area contributed by atoms with Crippen LogP contribution < -0.4 is 11.1 Å². The van der Waals surface area contributed by atoms with Gasteiger partial charge in [0.25, 0.3) is 11.1 Å². The maximum Gasteiger partial charge on any atom is 0.275 e. The lowest BCUT2D eigenvalue weighted by Crippen LogP contribution is -2.24.